The molecule has 1 aromatic carbocycles. The zero-order valence-corrected chi connectivity index (χ0v) is 7.93. The van der Waals surface area contributed by atoms with Gasteiger partial charge >= 0.3 is 5.97 Å². The summed E-state index contributed by atoms with van der Waals surface area (Å²) in [7, 11) is 1.46. The molecule has 3 heteroatoms. The van der Waals surface area contributed by atoms with E-state index in [-0.39, 0.29) is 5.57 Å². The van der Waals surface area contributed by atoms with Crippen molar-refractivity contribution in [2.24, 2.45) is 0 Å². The molecule has 1 N–H and O–H groups in total. The summed E-state index contributed by atoms with van der Waals surface area (Å²) in [6, 6.07) is 9.14. The SMILES string of the molecule is C=C(C(=O)O)C(OC)c1ccccc1. The average molecular weight is 192 g/mol. The Morgan fingerprint density at radius 1 is 1.43 bits per heavy atom. The number of rotatable bonds is 4. The minimum Gasteiger partial charge on any atom is -0.478 e. The highest BCUT2D eigenvalue weighted by molar-refractivity contribution is 5.87. The highest BCUT2D eigenvalue weighted by atomic mass is 16.5. The molecule has 1 aromatic rings. The summed E-state index contributed by atoms with van der Waals surface area (Å²) in [5.41, 5.74) is 0.834. The number of benzene rings is 1. The molecule has 0 aliphatic carbocycles. The topological polar surface area (TPSA) is 46.5 Å². The maximum Gasteiger partial charge on any atom is 0.333 e. The maximum atomic E-state index is 10.7. The lowest BCUT2D eigenvalue weighted by Crippen LogP contribution is -2.11. The van der Waals surface area contributed by atoms with E-state index >= 15 is 0 Å². The number of ether oxygens (including phenoxy) is 1. The van der Waals surface area contributed by atoms with E-state index in [1.165, 1.54) is 7.11 Å². The lowest BCUT2D eigenvalue weighted by molar-refractivity contribution is -0.134. The number of hydrogen-bond acceptors (Lipinski definition) is 2. The Kier molecular flexibility index (Phi) is 3.42. The first kappa shape index (κ1) is 10.5. The van der Waals surface area contributed by atoms with E-state index in [1.807, 2.05) is 30.3 Å². The minimum absolute atomic E-state index is 0.0405. The molecule has 3 nitrogen and oxygen atoms in total. The molecule has 1 atom stereocenters. The fourth-order valence-corrected chi connectivity index (χ4v) is 1.22. The van der Waals surface area contributed by atoms with Crippen molar-refractivity contribution in [1.29, 1.82) is 0 Å². The quantitative estimate of drug-likeness (QED) is 0.742. The lowest BCUT2D eigenvalue weighted by Gasteiger charge is -2.15. The minimum atomic E-state index is -1.04. The molecule has 0 radical (unpaired) electrons. The Hall–Kier alpha value is -1.61. The van der Waals surface area contributed by atoms with Gasteiger partial charge in [0, 0.05) is 7.11 Å². The van der Waals surface area contributed by atoms with E-state index < -0.39 is 12.1 Å². The molecule has 14 heavy (non-hydrogen) atoms. The highest BCUT2D eigenvalue weighted by Gasteiger charge is 2.19. The number of carboxylic acid groups (broad SMARTS) is 1. The van der Waals surface area contributed by atoms with Crippen molar-refractivity contribution < 1.29 is 14.6 Å². The molecule has 1 rings (SSSR count). The zero-order valence-electron chi connectivity index (χ0n) is 7.93. The summed E-state index contributed by atoms with van der Waals surface area (Å²) in [4.78, 5) is 10.7. The monoisotopic (exact) mass is 192 g/mol. The van der Waals surface area contributed by atoms with Crippen LogP contribution < -0.4 is 0 Å². The van der Waals surface area contributed by atoms with Crippen LogP contribution in [0.2, 0.25) is 0 Å². The fraction of sp³-hybridized carbons (Fsp3) is 0.182. The van der Waals surface area contributed by atoms with Gasteiger partial charge in [-0.25, -0.2) is 4.79 Å². The number of carbonyl (C=O) groups is 1. The van der Waals surface area contributed by atoms with Crippen LogP contribution >= 0.6 is 0 Å². The number of hydrogen-bond donors (Lipinski definition) is 1. The third kappa shape index (κ3) is 2.20. The van der Waals surface area contributed by atoms with E-state index in [4.69, 9.17) is 9.84 Å². The number of aliphatic carboxylic acids is 1. The van der Waals surface area contributed by atoms with E-state index in [1.54, 1.807) is 0 Å². The summed E-state index contributed by atoms with van der Waals surface area (Å²) in [6.07, 6.45) is -0.575. The third-order valence-corrected chi connectivity index (χ3v) is 1.93. The van der Waals surface area contributed by atoms with Gasteiger partial charge in [0.25, 0.3) is 0 Å². The average Bonchev–Trinajstić information content (AvgIpc) is 2.20. The van der Waals surface area contributed by atoms with Gasteiger partial charge in [-0.2, -0.15) is 0 Å². The van der Waals surface area contributed by atoms with Crippen molar-refractivity contribution in [2.75, 3.05) is 7.11 Å². The summed E-state index contributed by atoms with van der Waals surface area (Å²) in [6.45, 7) is 3.48. The standard InChI is InChI=1S/C11H12O3/c1-8(11(12)13)10(14-2)9-6-4-3-5-7-9/h3-7,10H,1H2,2H3,(H,12,13). The lowest BCUT2D eigenvalue weighted by atomic mass is 10.0. The van der Waals surface area contributed by atoms with Crippen LogP contribution in [0, 0.1) is 0 Å². The van der Waals surface area contributed by atoms with Crippen LogP contribution in [-0.4, -0.2) is 18.2 Å². The van der Waals surface area contributed by atoms with Crippen LogP contribution in [0.5, 0.6) is 0 Å². The summed E-state index contributed by atoms with van der Waals surface area (Å²) in [5.74, 6) is -1.04. The van der Waals surface area contributed by atoms with Crippen LogP contribution in [-0.2, 0) is 9.53 Å². The summed E-state index contributed by atoms with van der Waals surface area (Å²) in [5, 5.41) is 8.77. The van der Waals surface area contributed by atoms with E-state index in [2.05, 4.69) is 6.58 Å². The van der Waals surface area contributed by atoms with Crippen LogP contribution in [0.1, 0.15) is 11.7 Å². The predicted octanol–water partition coefficient (Wildman–Crippen LogP) is 2.01. The van der Waals surface area contributed by atoms with Crippen molar-refractivity contribution in [3.8, 4) is 0 Å². The molecule has 1 unspecified atom stereocenters. The molecular formula is C11H12O3. The first-order valence-corrected chi connectivity index (χ1v) is 4.16. The van der Waals surface area contributed by atoms with Crippen molar-refractivity contribution >= 4 is 5.97 Å². The van der Waals surface area contributed by atoms with Gasteiger partial charge < -0.3 is 9.84 Å². The van der Waals surface area contributed by atoms with Crippen molar-refractivity contribution in [3.63, 3.8) is 0 Å². The van der Waals surface area contributed by atoms with Gasteiger partial charge in [0.2, 0.25) is 0 Å². The van der Waals surface area contributed by atoms with Crippen molar-refractivity contribution in [3.05, 3.63) is 48.0 Å². The molecule has 0 saturated heterocycles. The Labute approximate surface area is 82.6 Å². The van der Waals surface area contributed by atoms with Gasteiger partial charge in [0.05, 0.1) is 5.57 Å². The Morgan fingerprint density at radius 3 is 2.43 bits per heavy atom. The van der Waals surface area contributed by atoms with Gasteiger partial charge in [-0.15, -0.1) is 0 Å². The maximum absolute atomic E-state index is 10.7. The first-order valence-electron chi connectivity index (χ1n) is 4.16. The predicted molar refractivity (Wildman–Crippen MR) is 53.0 cm³/mol. The van der Waals surface area contributed by atoms with Gasteiger partial charge in [-0.1, -0.05) is 36.9 Å². The zero-order chi connectivity index (χ0) is 10.6. The Morgan fingerprint density at radius 2 is 2.00 bits per heavy atom. The smallest absolute Gasteiger partial charge is 0.333 e. The van der Waals surface area contributed by atoms with Crippen LogP contribution in [0.3, 0.4) is 0 Å². The summed E-state index contributed by atoms with van der Waals surface area (Å²) >= 11 is 0. The number of carboxylic acids is 1. The molecule has 0 saturated carbocycles. The highest BCUT2D eigenvalue weighted by Crippen LogP contribution is 2.23. The molecule has 0 heterocycles. The molecular weight excluding hydrogens is 180 g/mol. The fourth-order valence-electron chi connectivity index (χ4n) is 1.22. The molecule has 0 aliphatic rings. The van der Waals surface area contributed by atoms with Gasteiger partial charge in [-0.05, 0) is 5.56 Å². The molecule has 0 amide bonds. The second-order valence-electron chi connectivity index (χ2n) is 2.86. The Bertz CT molecular complexity index is 330. The van der Waals surface area contributed by atoms with E-state index in [0.29, 0.717) is 0 Å². The largest absolute Gasteiger partial charge is 0.478 e. The molecule has 0 bridgehead atoms. The molecule has 0 aromatic heterocycles. The molecule has 0 spiro atoms. The number of methoxy groups -OCH3 is 1. The normalized spacial score (nSPS) is 12.1. The van der Waals surface area contributed by atoms with Crippen LogP contribution in [0.25, 0.3) is 0 Å². The van der Waals surface area contributed by atoms with Crippen LogP contribution in [0.15, 0.2) is 42.5 Å². The first-order chi connectivity index (χ1) is 6.66. The van der Waals surface area contributed by atoms with Gasteiger partial charge in [0.15, 0.2) is 0 Å². The van der Waals surface area contributed by atoms with Crippen molar-refractivity contribution in [1.82, 2.24) is 0 Å². The second kappa shape index (κ2) is 4.58. The van der Waals surface area contributed by atoms with E-state index in [9.17, 15) is 4.79 Å². The van der Waals surface area contributed by atoms with Crippen molar-refractivity contribution in [2.45, 2.75) is 6.10 Å². The summed E-state index contributed by atoms with van der Waals surface area (Å²) < 4.78 is 5.08. The van der Waals surface area contributed by atoms with E-state index in [0.717, 1.165) is 5.56 Å². The van der Waals surface area contributed by atoms with Crippen LogP contribution in [0.4, 0.5) is 0 Å². The third-order valence-electron chi connectivity index (χ3n) is 1.93. The molecule has 0 fully saturated rings. The van der Waals surface area contributed by atoms with Gasteiger partial charge in [-0.3, -0.25) is 0 Å². The Balaban J connectivity index is 2.93. The molecule has 0 aliphatic heterocycles. The second-order valence-corrected chi connectivity index (χ2v) is 2.86. The molecule has 74 valence electrons. The van der Waals surface area contributed by atoms with Gasteiger partial charge in [0.1, 0.15) is 6.10 Å².